The molecule has 0 atom stereocenters. The molecule has 1 aromatic carbocycles. The molecule has 29 heavy (non-hydrogen) atoms. The molecule has 0 aliphatic carbocycles. The van der Waals surface area contributed by atoms with Gasteiger partial charge in [-0.05, 0) is 45.8 Å². The lowest BCUT2D eigenvalue weighted by atomic mass is 10.2. The topological polar surface area (TPSA) is 97.9 Å². The van der Waals surface area contributed by atoms with Gasteiger partial charge in [-0.3, -0.25) is 4.79 Å². The normalized spacial score (nSPS) is 11.0. The van der Waals surface area contributed by atoms with Crippen LogP contribution in [0.25, 0.3) is 11.0 Å². The van der Waals surface area contributed by atoms with Crippen molar-refractivity contribution >= 4 is 38.7 Å². The number of aromatic nitrogens is 4. The highest BCUT2D eigenvalue weighted by molar-refractivity contribution is 9.10. The number of nitrogens with one attached hydrogen (secondary N) is 2. The highest BCUT2D eigenvalue weighted by Crippen LogP contribution is 2.19. The van der Waals surface area contributed by atoms with E-state index in [0.717, 1.165) is 10.9 Å². The van der Waals surface area contributed by atoms with Gasteiger partial charge in [0, 0.05) is 13.1 Å². The van der Waals surface area contributed by atoms with Crippen LogP contribution in [0.5, 0.6) is 0 Å². The lowest BCUT2D eigenvalue weighted by Gasteiger charge is -2.07. The summed E-state index contributed by atoms with van der Waals surface area (Å²) < 4.78 is 20.4. The summed E-state index contributed by atoms with van der Waals surface area (Å²) in [6, 6.07) is 9.51. The van der Waals surface area contributed by atoms with Crippen LogP contribution in [-0.4, -0.2) is 32.2 Å². The number of nitrogens with zero attached hydrogens (tertiary/aromatic N) is 4. The minimum Gasteiger partial charge on any atom is -0.444 e. The highest BCUT2D eigenvalue weighted by atomic mass is 79.9. The molecule has 4 aromatic rings. The molecule has 0 unspecified atom stereocenters. The maximum atomic E-state index is 13.0. The number of anilines is 1. The molecule has 1 amide bonds. The number of carbonyl (C=O) groups is 1. The van der Waals surface area contributed by atoms with Gasteiger partial charge in [-0.15, -0.1) is 0 Å². The summed E-state index contributed by atoms with van der Waals surface area (Å²) in [6.07, 6.45) is 3.13. The van der Waals surface area contributed by atoms with Crippen LogP contribution in [0.3, 0.4) is 0 Å². The van der Waals surface area contributed by atoms with Crippen LogP contribution in [-0.2, 0) is 13.1 Å². The number of carbonyl (C=O) groups excluding carboxylic acids is 1. The van der Waals surface area contributed by atoms with Gasteiger partial charge in [-0.1, -0.05) is 12.1 Å². The number of furan rings is 1. The van der Waals surface area contributed by atoms with Crippen LogP contribution in [0.1, 0.15) is 16.1 Å². The first-order valence-corrected chi connectivity index (χ1v) is 9.58. The predicted octanol–water partition coefficient (Wildman–Crippen LogP) is 3.36. The van der Waals surface area contributed by atoms with E-state index in [9.17, 15) is 9.18 Å². The molecule has 0 saturated carbocycles. The molecule has 8 nitrogen and oxygen atoms in total. The first-order valence-electron chi connectivity index (χ1n) is 8.78. The largest absolute Gasteiger partial charge is 0.444 e. The fourth-order valence-electron chi connectivity index (χ4n) is 2.78. The van der Waals surface area contributed by atoms with Crippen molar-refractivity contribution in [1.82, 2.24) is 25.1 Å². The van der Waals surface area contributed by atoms with Crippen molar-refractivity contribution in [2.75, 3.05) is 11.9 Å². The molecule has 2 N–H and O–H groups in total. The Morgan fingerprint density at radius 2 is 2.00 bits per heavy atom. The van der Waals surface area contributed by atoms with Crippen molar-refractivity contribution in [2.24, 2.45) is 0 Å². The molecular formula is C19H16BrFN6O2. The average Bonchev–Trinajstić information content (AvgIpc) is 3.34. The van der Waals surface area contributed by atoms with Gasteiger partial charge in [0.1, 0.15) is 18.0 Å². The van der Waals surface area contributed by atoms with E-state index in [4.69, 9.17) is 4.42 Å². The standard InChI is InChI=1S/C19H16BrFN6O2/c20-16-6-5-15(29-16)19(28)22-7-8-27-18-14(10-26-27)17(24-11-25-18)23-9-12-1-3-13(21)4-2-12/h1-6,10-11H,7-9H2,(H,22,28)(H,23,24,25). The van der Waals surface area contributed by atoms with Crippen LogP contribution in [0.4, 0.5) is 10.2 Å². The summed E-state index contributed by atoms with van der Waals surface area (Å²) in [7, 11) is 0. The minimum absolute atomic E-state index is 0.233. The van der Waals surface area contributed by atoms with E-state index in [1.54, 1.807) is 35.1 Å². The number of hydrogen-bond donors (Lipinski definition) is 2. The quantitative estimate of drug-likeness (QED) is 0.440. The van der Waals surface area contributed by atoms with Crippen molar-refractivity contribution in [3.05, 3.63) is 70.7 Å². The van der Waals surface area contributed by atoms with Gasteiger partial charge in [-0.2, -0.15) is 5.10 Å². The van der Waals surface area contributed by atoms with Gasteiger partial charge in [0.15, 0.2) is 16.1 Å². The number of fused-ring (bicyclic) bond motifs is 1. The van der Waals surface area contributed by atoms with Crippen molar-refractivity contribution < 1.29 is 13.6 Å². The lowest BCUT2D eigenvalue weighted by molar-refractivity contribution is 0.0923. The van der Waals surface area contributed by atoms with Crippen LogP contribution in [0.15, 0.2) is 58.0 Å². The van der Waals surface area contributed by atoms with E-state index in [-0.39, 0.29) is 17.5 Å². The van der Waals surface area contributed by atoms with Crippen molar-refractivity contribution in [3.8, 4) is 0 Å². The molecule has 0 aliphatic heterocycles. The molecule has 3 heterocycles. The number of rotatable bonds is 7. The van der Waals surface area contributed by atoms with E-state index in [2.05, 4.69) is 41.6 Å². The van der Waals surface area contributed by atoms with Crippen LogP contribution in [0.2, 0.25) is 0 Å². The molecule has 4 rings (SSSR count). The third-order valence-corrected chi connectivity index (χ3v) is 4.64. The number of halogens is 2. The monoisotopic (exact) mass is 458 g/mol. The summed E-state index contributed by atoms with van der Waals surface area (Å²) in [5.74, 6) is 0.293. The fraction of sp³-hybridized carbons (Fsp3) is 0.158. The van der Waals surface area contributed by atoms with E-state index < -0.39 is 0 Å². The second-order valence-electron chi connectivity index (χ2n) is 6.17. The van der Waals surface area contributed by atoms with Crippen molar-refractivity contribution in [2.45, 2.75) is 13.1 Å². The Labute approximate surface area is 173 Å². The lowest BCUT2D eigenvalue weighted by Crippen LogP contribution is -2.27. The van der Waals surface area contributed by atoms with Crippen LogP contribution < -0.4 is 10.6 Å². The van der Waals surface area contributed by atoms with E-state index in [1.165, 1.54) is 18.5 Å². The molecule has 10 heteroatoms. The van der Waals surface area contributed by atoms with Gasteiger partial charge in [0.2, 0.25) is 0 Å². The molecular weight excluding hydrogens is 443 g/mol. The molecule has 0 fully saturated rings. The van der Waals surface area contributed by atoms with Crippen LogP contribution in [0, 0.1) is 5.82 Å². The Kier molecular flexibility index (Phi) is 5.52. The molecule has 3 aromatic heterocycles. The van der Waals surface area contributed by atoms with Gasteiger partial charge in [-0.25, -0.2) is 19.0 Å². The number of hydrogen-bond acceptors (Lipinski definition) is 6. The second-order valence-corrected chi connectivity index (χ2v) is 6.95. The Morgan fingerprint density at radius 1 is 1.17 bits per heavy atom. The first-order chi connectivity index (χ1) is 14.1. The zero-order valence-corrected chi connectivity index (χ0v) is 16.7. The Bertz CT molecular complexity index is 1140. The van der Waals surface area contributed by atoms with Crippen molar-refractivity contribution in [1.29, 1.82) is 0 Å². The van der Waals surface area contributed by atoms with Gasteiger partial charge < -0.3 is 15.1 Å². The zero-order chi connectivity index (χ0) is 20.2. The molecule has 148 valence electrons. The minimum atomic E-state index is -0.302. The summed E-state index contributed by atoms with van der Waals surface area (Å²) in [4.78, 5) is 20.6. The maximum Gasteiger partial charge on any atom is 0.287 e. The summed E-state index contributed by atoms with van der Waals surface area (Å²) >= 11 is 3.17. The van der Waals surface area contributed by atoms with E-state index in [1.807, 2.05) is 0 Å². The molecule has 0 radical (unpaired) electrons. The molecule has 0 bridgehead atoms. The molecule has 0 spiro atoms. The summed E-state index contributed by atoms with van der Waals surface area (Å²) in [6.45, 7) is 1.29. The molecule has 0 saturated heterocycles. The van der Waals surface area contributed by atoms with Gasteiger partial charge in [0.25, 0.3) is 5.91 Å². The summed E-state index contributed by atoms with van der Waals surface area (Å²) in [5, 5.41) is 11.1. The van der Waals surface area contributed by atoms with E-state index >= 15 is 0 Å². The third-order valence-electron chi connectivity index (χ3n) is 4.21. The van der Waals surface area contributed by atoms with Gasteiger partial charge >= 0.3 is 0 Å². The van der Waals surface area contributed by atoms with E-state index in [0.29, 0.717) is 35.8 Å². The SMILES string of the molecule is O=C(NCCn1ncc2c(NCc3ccc(F)cc3)ncnc21)c1ccc(Br)o1. The second kappa shape index (κ2) is 8.39. The third kappa shape index (κ3) is 4.43. The average molecular weight is 459 g/mol. The maximum absolute atomic E-state index is 13.0. The molecule has 0 aliphatic rings. The smallest absolute Gasteiger partial charge is 0.287 e. The van der Waals surface area contributed by atoms with Crippen LogP contribution >= 0.6 is 15.9 Å². The number of benzene rings is 1. The first kappa shape index (κ1) is 19.1. The zero-order valence-electron chi connectivity index (χ0n) is 15.1. The fourth-order valence-corrected chi connectivity index (χ4v) is 3.09. The highest BCUT2D eigenvalue weighted by Gasteiger charge is 2.12. The predicted molar refractivity (Wildman–Crippen MR) is 108 cm³/mol. The summed E-state index contributed by atoms with van der Waals surface area (Å²) in [5.41, 5.74) is 1.58. The number of amides is 1. The Morgan fingerprint density at radius 3 is 2.76 bits per heavy atom. The Balaban J connectivity index is 1.40. The Hall–Kier alpha value is -3.27. The van der Waals surface area contributed by atoms with Gasteiger partial charge in [0.05, 0.1) is 18.1 Å². The van der Waals surface area contributed by atoms with Crippen molar-refractivity contribution in [3.63, 3.8) is 0 Å².